The Balaban J connectivity index is 1.38. The summed E-state index contributed by atoms with van der Waals surface area (Å²) < 4.78 is 7.81. The molecule has 1 aliphatic rings. The number of carbonyl (C=O) groups is 1. The van der Waals surface area contributed by atoms with Crippen molar-refractivity contribution in [3.05, 3.63) is 53.8 Å². The van der Waals surface area contributed by atoms with Crippen LogP contribution < -0.4 is 4.74 Å². The molecule has 0 saturated carbocycles. The van der Waals surface area contributed by atoms with Crippen LogP contribution in [0.15, 0.2) is 48.1 Å². The Morgan fingerprint density at radius 1 is 1.33 bits per heavy atom. The van der Waals surface area contributed by atoms with E-state index in [0.717, 1.165) is 35.8 Å². The molecule has 0 N–H and O–H groups in total. The molecule has 124 valence electrons. The maximum atomic E-state index is 12.7. The number of amides is 1. The second kappa shape index (κ2) is 6.65. The van der Waals surface area contributed by atoms with Gasteiger partial charge in [0.05, 0.1) is 18.2 Å². The molecule has 0 bridgehead atoms. The number of para-hydroxylation sites is 1. The predicted octanol–water partition coefficient (Wildman–Crippen LogP) is 3.01. The third kappa shape index (κ3) is 3.14. The molecule has 1 aromatic carbocycles. The summed E-state index contributed by atoms with van der Waals surface area (Å²) in [6.45, 7) is 1.36. The minimum absolute atomic E-state index is 0.139. The first-order valence-electron chi connectivity index (χ1n) is 8.18. The van der Waals surface area contributed by atoms with Crippen LogP contribution in [0.3, 0.4) is 0 Å². The number of carbonyl (C=O) groups excluding carboxylic acids is 1. The second-order valence-corrected chi connectivity index (χ2v) is 6.88. The van der Waals surface area contributed by atoms with Crippen LogP contribution in [0.1, 0.15) is 18.5 Å². The summed E-state index contributed by atoms with van der Waals surface area (Å²) in [5, 5.41) is 1.99. The third-order valence-corrected chi connectivity index (χ3v) is 5.13. The van der Waals surface area contributed by atoms with Crippen molar-refractivity contribution in [2.24, 2.45) is 0 Å². The quantitative estimate of drug-likeness (QED) is 0.717. The molecule has 0 aliphatic carbocycles. The first-order valence-corrected chi connectivity index (χ1v) is 9.06. The summed E-state index contributed by atoms with van der Waals surface area (Å²) in [7, 11) is 0. The number of aromatic nitrogens is 2. The first-order chi connectivity index (χ1) is 11.8. The Hall–Kier alpha value is -2.34. The van der Waals surface area contributed by atoms with Crippen molar-refractivity contribution in [1.82, 2.24) is 14.3 Å². The van der Waals surface area contributed by atoms with Gasteiger partial charge < -0.3 is 9.64 Å². The van der Waals surface area contributed by atoms with Crippen LogP contribution in [-0.4, -0.2) is 39.4 Å². The fourth-order valence-electron chi connectivity index (χ4n) is 3.16. The number of ether oxygens (including phenoxy) is 1. The zero-order valence-corrected chi connectivity index (χ0v) is 14.1. The van der Waals surface area contributed by atoms with E-state index in [4.69, 9.17) is 4.74 Å². The maximum absolute atomic E-state index is 12.7. The summed E-state index contributed by atoms with van der Waals surface area (Å²) in [6.07, 6.45) is 6.29. The lowest BCUT2D eigenvalue weighted by Crippen LogP contribution is -2.39. The Morgan fingerprint density at radius 3 is 3.04 bits per heavy atom. The predicted molar refractivity (Wildman–Crippen MR) is 93.4 cm³/mol. The van der Waals surface area contributed by atoms with Gasteiger partial charge in [-0.15, -0.1) is 11.3 Å². The Labute approximate surface area is 144 Å². The Bertz CT molecular complexity index is 799. The average molecular weight is 341 g/mol. The van der Waals surface area contributed by atoms with Crippen molar-refractivity contribution in [3.8, 4) is 5.75 Å². The normalized spacial score (nSPS) is 17.5. The zero-order chi connectivity index (χ0) is 16.4. The van der Waals surface area contributed by atoms with Crippen molar-refractivity contribution in [1.29, 1.82) is 0 Å². The number of imidazole rings is 1. The number of hydrogen-bond acceptors (Lipinski definition) is 4. The van der Waals surface area contributed by atoms with E-state index in [9.17, 15) is 4.79 Å². The second-order valence-electron chi connectivity index (χ2n) is 6.01. The van der Waals surface area contributed by atoms with E-state index in [1.54, 1.807) is 11.3 Å². The summed E-state index contributed by atoms with van der Waals surface area (Å²) >= 11 is 1.58. The monoisotopic (exact) mass is 341 g/mol. The van der Waals surface area contributed by atoms with E-state index in [1.807, 2.05) is 57.4 Å². The minimum Gasteiger partial charge on any atom is -0.491 e. The topological polar surface area (TPSA) is 46.8 Å². The lowest BCUT2D eigenvalue weighted by Gasteiger charge is -2.24. The fraction of sp³-hybridized carbons (Fsp3) is 0.333. The van der Waals surface area contributed by atoms with Gasteiger partial charge in [0.25, 0.3) is 0 Å². The van der Waals surface area contributed by atoms with E-state index in [-0.39, 0.29) is 11.9 Å². The highest BCUT2D eigenvalue weighted by atomic mass is 32.1. The molecule has 5 nitrogen and oxygen atoms in total. The Kier molecular flexibility index (Phi) is 4.21. The molecule has 1 aliphatic heterocycles. The van der Waals surface area contributed by atoms with Gasteiger partial charge in [0.1, 0.15) is 12.4 Å². The molecule has 2 aromatic heterocycles. The van der Waals surface area contributed by atoms with Crippen molar-refractivity contribution in [2.45, 2.75) is 25.3 Å². The summed E-state index contributed by atoms with van der Waals surface area (Å²) in [4.78, 5) is 20.1. The number of nitrogens with zero attached hydrogens (tertiary/aromatic N) is 3. The van der Waals surface area contributed by atoms with Crippen LogP contribution in [0.5, 0.6) is 5.75 Å². The lowest BCUT2D eigenvalue weighted by atomic mass is 10.2. The highest BCUT2D eigenvalue weighted by Crippen LogP contribution is 2.21. The van der Waals surface area contributed by atoms with Gasteiger partial charge in [-0.2, -0.15) is 0 Å². The summed E-state index contributed by atoms with van der Waals surface area (Å²) in [5.41, 5.74) is 0.835. The van der Waals surface area contributed by atoms with Gasteiger partial charge in [-0.3, -0.25) is 9.20 Å². The van der Waals surface area contributed by atoms with Gasteiger partial charge in [0, 0.05) is 24.3 Å². The Morgan fingerprint density at radius 2 is 2.21 bits per heavy atom. The van der Waals surface area contributed by atoms with Gasteiger partial charge in [-0.1, -0.05) is 18.2 Å². The van der Waals surface area contributed by atoms with Crippen LogP contribution in [0.2, 0.25) is 0 Å². The first kappa shape index (κ1) is 15.2. The van der Waals surface area contributed by atoms with Crippen molar-refractivity contribution >= 4 is 22.2 Å². The molecule has 24 heavy (non-hydrogen) atoms. The molecule has 1 atom stereocenters. The van der Waals surface area contributed by atoms with Gasteiger partial charge >= 0.3 is 0 Å². The molecular formula is C18H19N3O2S. The number of benzene rings is 1. The van der Waals surface area contributed by atoms with Crippen LogP contribution in [0, 0.1) is 0 Å². The number of rotatable bonds is 5. The largest absolute Gasteiger partial charge is 0.491 e. The van der Waals surface area contributed by atoms with Gasteiger partial charge in [0.2, 0.25) is 5.91 Å². The molecule has 1 fully saturated rings. The SMILES string of the molecule is O=C(Cc1cn2ccsc2n1)N1CCC[C@H]1COc1ccccc1. The molecule has 0 radical (unpaired) electrons. The average Bonchev–Trinajstić information content (AvgIpc) is 3.29. The van der Waals surface area contributed by atoms with Crippen LogP contribution >= 0.6 is 11.3 Å². The molecule has 1 saturated heterocycles. The highest BCUT2D eigenvalue weighted by molar-refractivity contribution is 7.15. The molecule has 0 unspecified atom stereocenters. The van der Waals surface area contributed by atoms with E-state index in [0.29, 0.717) is 13.0 Å². The molecule has 6 heteroatoms. The number of thiazole rings is 1. The van der Waals surface area contributed by atoms with Gasteiger partial charge in [0.15, 0.2) is 4.96 Å². The molecule has 3 heterocycles. The highest BCUT2D eigenvalue weighted by Gasteiger charge is 2.29. The molecule has 0 spiro atoms. The third-order valence-electron chi connectivity index (χ3n) is 4.36. The van der Waals surface area contributed by atoms with E-state index in [1.165, 1.54) is 0 Å². The lowest BCUT2D eigenvalue weighted by molar-refractivity contribution is -0.131. The van der Waals surface area contributed by atoms with Gasteiger partial charge in [-0.05, 0) is 25.0 Å². The molecule has 1 amide bonds. The smallest absolute Gasteiger partial charge is 0.229 e. The van der Waals surface area contributed by atoms with Crippen LogP contribution in [-0.2, 0) is 11.2 Å². The van der Waals surface area contributed by atoms with Crippen molar-refractivity contribution in [3.63, 3.8) is 0 Å². The minimum atomic E-state index is 0.139. The van der Waals surface area contributed by atoms with Gasteiger partial charge in [-0.25, -0.2) is 4.98 Å². The molecular weight excluding hydrogens is 322 g/mol. The summed E-state index contributed by atoms with van der Waals surface area (Å²) in [5.74, 6) is 0.992. The number of fused-ring (bicyclic) bond motifs is 1. The molecule has 4 rings (SSSR count). The standard InChI is InChI=1S/C18H19N3O2S/c22-17(11-14-12-20-9-10-24-18(20)19-14)21-8-4-5-15(21)13-23-16-6-2-1-3-7-16/h1-3,6-7,9-10,12,15H,4-5,8,11,13H2/t15-/m0/s1. The van der Waals surface area contributed by atoms with E-state index >= 15 is 0 Å². The fourth-order valence-corrected chi connectivity index (χ4v) is 3.88. The van der Waals surface area contributed by atoms with E-state index < -0.39 is 0 Å². The summed E-state index contributed by atoms with van der Waals surface area (Å²) in [6, 6.07) is 9.92. The zero-order valence-electron chi connectivity index (χ0n) is 13.3. The number of likely N-dealkylation sites (tertiary alicyclic amines) is 1. The van der Waals surface area contributed by atoms with Crippen LogP contribution in [0.25, 0.3) is 4.96 Å². The van der Waals surface area contributed by atoms with Crippen molar-refractivity contribution < 1.29 is 9.53 Å². The van der Waals surface area contributed by atoms with Crippen molar-refractivity contribution in [2.75, 3.05) is 13.2 Å². The van der Waals surface area contributed by atoms with E-state index in [2.05, 4.69) is 4.98 Å². The maximum Gasteiger partial charge on any atom is 0.229 e. The van der Waals surface area contributed by atoms with Crippen LogP contribution in [0.4, 0.5) is 0 Å². The number of hydrogen-bond donors (Lipinski definition) is 0. The molecule has 3 aromatic rings.